The van der Waals surface area contributed by atoms with E-state index in [4.69, 9.17) is 24.7 Å². The molecule has 0 spiro atoms. The second-order valence-corrected chi connectivity index (χ2v) is 8.19. The number of aromatic nitrogens is 2. The molecule has 4 heterocycles. The molecule has 0 radical (unpaired) electrons. The zero-order valence-electron chi connectivity index (χ0n) is 19.1. The molecule has 2 aliphatic rings. The van der Waals surface area contributed by atoms with Crippen LogP contribution in [0.3, 0.4) is 0 Å². The second-order valence-electron chi connectivity index (χ2n) is 8.19. The van der Waals surface area contributed by atoms with Crippen LogP contribution in [-0.4, -0.2) is 67.5 Å². The van der Waals surface area contributed by atoms with Crippen LogP contribution in [0.25, 0.3) is 11.0 Å². The van der Waals surface area contributed by atoms with Crippen molar-refractivity contribution in [1.82, 2.24) is 15.3 Å². The van der Waals surface area contributed by atoms with Crippen molar-refractivity contribution in [3.8, 4) is 17.4 Å². The number of ether oxygens (including phenoxy) is 4. The Kier molecular flexibility index (Phi) is 6.23. The third kappa shape index (κ3) is 4.76. The highest BCUT2D eigenvalue weighted by Gasteiger charge is 2.33. The summed E-state index contributed by atoms with van der Waals surface area (Å²) in [5, 5.41) is 2.78. The van der Waals surface area contributed by atoms with Gasteiger partial charge in [0.15, 0.2) is 11.5 Å². The van der Waals surface area contributed by atoms with Gasteiger partial charge in [0.25, 0.3) is 0 Å². The van der Waals surface area contributed by atoms with E-state index in [-0.39, 0.29) is 25.4 Å². The van der Waals surface area contributed by atoms with E-state index in [2.05, 4.69) is 15.3 Å². The van der Waals surface area contributed by atoms with Gasteiger partial charge in [0.05, 0.1) is 43.0 Å². The van der Waals surface area contributed by atoms with E-state index in [9.17, 15) is 9.59 Å². The van der Waals surface area contributed by atoms with Crippen molar-refractivity contribution in [2.24, 2.45) is 5.73 Å². The number of pyridine rings is 2. The lowest BCUT2D eigenvalue weighted by Gasteiger charge is -2.21. The summed E-state index contributed by atoms with van der Waals surface area (Å²) in [5.74, 6) is 1.32. The average molecular weight is 479 g/mol. The first-order valence-electron chi connectivity index (χ1n) is 11.2. The maximum Gasteiger partial charge on any atom is 0.414 e. The minimum absolute atomic E-state index is 0.141. The summed E-state index contributed by atoms with van der Waals surface area (Å²) < 4.78 is 21.7. The van der Waals surface area contributed by atoms with Crippen LogP contribution in [0, 0.1) is 0 Å². The van der Waals surface area contributed by atoms with Crippen LogP contribution >= 0.6 is 0 Å². The molecule has 5 rings (SSSR count). The van der Waals surface area contributed by atoms with Gasteiger partial charge >= 0.3 is 6.09 Å². The van der Waals surface area contributed by atoms with Gasteiger partial charge in [-0.05, 0) is 36.2 Å². The molecule has 2 aromatic heterocycles. The van der Waals surface area contributed by atoms with Gasteiger partial charge in [0.1, 0.15) is 19.3 Å². The number of carbonyl (C=O) groups excluding carboxylic acids is 2. The smallest absolute Gasteiger partial charge is 0.414 e. The molecule has 1 aromatic carbocycles. The second kappa shape index (κ2) is 9.63. The van der Waals surface area contributed by atoms with Gasteiger partial charge in [0.2, 0.25) is 11.8 Å². The normalized spacial score (nSPS) is 17.7. The number of rotatable bonds is 7. The number of anilines is 1. The molecule has 35 heavy (non-hydrogen) atoms. The first kappa shape index (κ1) is 22.7. The van der Waals surface area contributed by atoms with Crippen LogP contribution in [0.1, 0.15) is 5.56 Å². The van der Waals surface area contributed by atoms with Gasteiger partial charge in [-0.2, -0.15) is 0 Å². The minimum atomic E-state index is -0.820. The molecule has 3 N–H and O–H groups in total. The lowest BCUT2D eigenvalue weighted by molar-refractivity contribution is -0.122. The molecular formula is C24H25N5O6. The Hall–Kier alpha value is -4.12. The number of nitrogens with one attached hydrogen (secondary N) is 1. The molecular weight excluding hydrogens is 454 g/mol. The summed E-state index contributed by atoms with van der Waals surface area (Å²) in [5.41, 5.74) is 8.91. The predicted molar refractivity (Wildman–Crippen MR) is 126 cm³/mol. The summed E-state index contributed by atoms with van der Waals surface area (Å²) in [6.45, 7) is 1.37. The summed E-state index contributed by atoms with van der Waals surface area (Å²) in [6, 6.07) is 9.77. The van der Waals surface area contributed by atoms with E-state index < -0.39 is 18.2 Å². The summed E-state index contributed by atoms with van der Waals surface area (Å²) in [6.07, 6.45) is 0.910. The highest BCUT2D eigenvalue weighted by molar-refractivity contribution is 5.90. The largest absolute Gasteiger partial charge is 0.486 e. The van der Waals surface area contributed by atoms with E-state index in [0.717, 1.165) is 5.56 Å². The summed E-state index contributed by atoms with van der Waals surface area (Å²) in [4.78, 5) is 35.3. The Labute approximate surface area is 201 Å². The van der Waals surface area contributed by atoms with E-state index in [1.807, 2.05) is 0 Å². The maximum absolute atomic E-state index is 12.7. The molecule has 11 nitrogen and oxygen atoms in total. The quantitative estimate of drug-likeness (QED) is 0.515. The molecule has 2 amide bonds. The standard InChI is InChI=1S/C24H25N5O6/c1-32-21-5-3-18-22(28-21)14(6-7-26-18)10-17(25)23(30)27-12-16-13-29(24(31)35-16)15-2-4-19-20(11-15)34-9-8-33-19/h2-7,11,16-17H,8-10,12-13,25H2,1H3,(H,27,30)/t16-,17?/m1/s1. The Balaban J connectivity index is 1.18. The fourth-order valence-corrected chi connectivity index (χ4v) is 4.05. The molecule has 2 aliphatic heterocycles. The first-order chi connectivity index (χ1) is 17.0. The van der Waals surface area contributed by atoms with Crippen LogP contribution < -0.4 is 30.2 Å². The highest BCUT2D eigenvalue weighted by Crippen LogP contribution is 2.35. The van der Waals surface area contributed by atoms with Crippen molar-refractivity contribution in [3.05, 3.63) is 48.2 Å². The molecule has 1 fully saturated rings. The van der Waals surface area contributed by atoms with Gasteiger partial charge < -0.3 is 30.0 Å². The fourth-order valence-electron chi connectivity index (χ4n) is 4.05. The van der Waals surface area contributed by atoms with Gasteiger partial charge in [-0.25, -0.2) is 9.78 Å². The van der Waals surface area contributed by atoms with E-state index in [0.29, 0.717) is 47.3 Å². The lowest BCUT2D eigenvalue weighted by atomic mass is 10.0. The first-order valence-corrected chi connectivity index (χ1v) is 11.2. The predicted octanol–water partition coefficient (Wildman–Crippen LogP) is 1.42. The third-order valence-electron chi connectivity index (χ3n) is 5.84. The zero-order chi connectivity index (χ0) is 24.4. The Morgan fingerprint density at radius 1 is 1.23 bits per heavy atom. The van der Waals surface area contributed by atoms with Gasteiger partial charge in [-0.1, -0.05) is 0 Å². The van der Waals surface area contributed by atoms with Crippen molar-refractivity contribution in [2.45, 2.75) is 18.6 Å². The van der Waals surface area contributed by atoms with Crippen molar-refractivity contribution >= 4 is 28.7 Å². The minimum Gasteiger partial charge on any atom is -0.486 e. The van der Waals surface area contributed by atoms with Crippen molar-refractivity contribution < 1.29 is 28.5 Å². The summed E-state index contributed by atoms with van der Waals surface area (Å²) >= 11 is 0. The number of hydrogen-bond acceptors (Lipinski definition) is 9. The van der Waals surface area contributed by atoms with Crippen LogP contribution in [0.5, 0.6) is 17.4 Å². The summed E-state index contributed by atoms with van der Waals surface area (Å²) in [7, 11) is 1.54. The Morgan fingerprint density at radius 2 is 2.06 bits per heavy atom. The monoisotopic (exact) mass is 479 g/mol. The average Bonchev–Trinajstić information content (AvgIpc) is 3.27. The van der Waals surface area contributed by atoms with Crippen LogP contribution in [0.2, 0.25) is 0 Å². The third-order valence-corrected chi connectivity index (χ3v) is 5.84. The molecule has 1 saturated heterocycles. The molecule has 0 bridgehead atoms. The zero-order valence-corrected chi connectivity index (χ0v) is 19.1. The number of hydrogen-bond donors (Lipinski definition) is 2. The topological polar surface area (TPSA) is 138 Å². The van der Waals surface area contributed by atoms with Crippen LogP contribution in [0.15, 0.2) is 42.6 Å². The van der Waals surface area contributed by atoms with Gasteiger partial charge in [-0.15, -0.1) is 0 Å². The molecule has 2 atom stereocenters. The molecule has 0 aliphatic carbocycles. The van der Waals surface area contributed by atoms with Crippen LogP contribution in [-0.2, 0) is 16.0 Å². The number of benzene rings is 1. The van der Waals surface area contributed by atoms with E-state index in [1.165, 1.54) is 12.0 Å². The number of carbonyl (C=O) groups is 2. The number of cyclic esters (lactones) is 1. The number of amides is 2. The van der Waals surface area contributed by atoms with E-state index in [1.54, 1.807) is 42.6 Å². The molecule has 182 valence electrons. The van der Waals surface area contributed by atoms with E-state index >= 15 is 0 Å². The number of methoxy groups -OCH3 is 1. The number of nitrogens with two attached hydrogens (primary N) is 1. The highest BCUT2D eigenvalue weighted by atomic mass is 16.6. The van der Waals surface area contributed by atoms with Gasteiger partial charge in [0, 0.05) is 18.3 Å². The number of fused-ring (bicyclic) bond motifs is 2. The molecule has 1 unspecified atom stereocenters. The lowest BCUT2D eigenvalue weighted by Crippen LogP contribution is -2.45. The molecule has 3 aromatic rings. The van der Waals surface area contributed by atoms with Crippen molar-refractivity contribution in [1.29, 1.82) is 0 Å². The molecule has 11 heteroatoms. The maximum atomic E-state index is 12.7. The molecule has 0 saturated carbocycles. The fraction of sp³-hybridized carbons (Fsp3) is 0.333. The number of nitrogens with zero attached hydrogens (tertiary/aromatic N) is 3. The van der Waals surface area contributed by atoms with Gasteiger partial charge in [-0.3, -0.25) is 14.7 Å². The van der Waals surface area contributed by atoms with Crippen molar-refractivity contribution in [2.75, 3.05) is 38.3 Å². The Bertz CT molecular complexity index is 1270. The Morgan fingerprint density at radius 3 is 2.89 bits per heavy atom. The SMILES string of the molecule is COc1ccc2nccc(CC(N)C(=O)NC[C@@H]3CN(c4ccc5c(c4)OCCO5)C(=O)O3)c2n1. The van der Waals surface area contributed by atoms with Crippen molar-refractivity contribution in [3.63, 3.8) is 0 Å². The van der Waals surface area contributed by atoms with Crippen LogP contribution in [0.4, 0.5) is 10.5 Å².